The number of aliphatic hydroxyl groups is 1. The Kier molecular flexibility index (Phi) is 6.67. The summed E-state index contributed by atoms with van der Waals surface area (Å²) >= 11 is 3.01. The van der Waals surface area contributed by atoms with Gasteiger partial charge in [0.2, 0.25) is 10.0 Å². The molecule has 1 fully saturated rings. The number of hydrogen-bond acceptors (Lipinski definition) is 4. The molecule has 10 heteroatoms. The maximum absolute atomic E-state index is 14.2. The van der Waals surface area contributed by atoms with Gasteiger partial charge in [0.25, 0.3) is 5.91 Å². The van der Waals surface area contributed by atoms with Crippen molar-refractivity contribution in [3.8, 4) is 0 Å². The predicted octanol–water partition coefficient (Wildman–Crippen LogP) is 3.56. The van der Waals surface area contributed by atoms with Crippen LogP contribution in [0.2, 0.25) is 0 Å². The van der Waals surface area contributed by atoms with E-state index >= 15 is 0 Å². The molecule has 1 aliphatic carbocycles. The predicted molar refractivity (Wildman–Crippen MR) is 107 cm³/mol. The first-order valence-electron chi connectivity index (χ1n) is 8.94. The number of rotatable bonds is 5. The van der Waals surface area contributed by atoms with Crippen molar-refractivity contribution < 1.29 is 27.1 Å². The van der Waals surface area contributed by atoms with Crippen molar-refractivity contribution in [2.45, 2.75) is 42.7 Å². The van der Waals surface area contributed by atoms with Gasteiger partial charge in [0, 0.05) is 17.3 Å². The molecule has 1 amide bonds. The molecule has 1 saturated carbocycles. The third-order valence-electron chi connectivity index (χ3n) is 4.70. The Morgan fingerprint density at radius 2 is 1.76 bits per heavy atom. The second kappa shape index (κ2) is 8.86. The molecule has 0 bridgehead atoms. The standard InChI is InChI=1S/C19H19BrF2N2O4S/c20-13-10-12(6-8-14(13)21)23-19(26)11-5-7-15(22)18(9-11)29(27,28)24-16-3-1-2-4-17(16)25/h5-10,16-17,24-25H,1-4H2,(H,23,26). The van der Waals surface area contributed by atoms with Crippen LogP contribution in [0.15, 0.2) is 45.8 Å². The average Bonchev–Trinajstić information content (AvgIpc) is 2.66. The van der Waals surface area contributed by atoms with Gasteiger partial charge in [0.1, 0.15) is 16.5 Å². The summed E-state index contributed by atoms with van der Waals surface area (Å²) in [6.07, 6.45) is 1.61. The number of amides is 1. The molecule has 29 heavy (non-hydrogen) atoms. The number of carbonyl (C=O) groups excluding carboxylic acids is 1. The van der Waals surface area contributed by atoms with Gasteiger partial charge in [0.05, 0.1) is 10.6 Å². The monoisotopic (exact) mass is 488 g/mol. The van der Waals surface area contributed by atoms with Gasteiger partial charge < -0.3 is 10.4 Å². The van der Waals surface area contributed by atoms with Gasteiger partial charge in [-0.25, -0.2) is 21.9 Å². The number of hydrogen-bond donors (Lipinski definition) is 3. The van der Waals surface area contributed by atoms with Crippen LogP contribution in [0.1, 0.15) is 36.0 Å². The summed E-state index contributed by atoms with van der Waals surface area (Å²) in [5.41, 5.74) is 0.192. The van der Waals surface area contributed by atoms with Crippen LogP contribution in [-0.4, -0.2) is 31.6 Å². The van der Waals surface area contributed by atoms with Gasteiger partial charge >= 0.3 is 0 Å². The topological polar surface area (TPSA) is 95.5 Å². The second-order valence-corrected chi connectivity index (χ2v) is 9.34. The summed E-state index contributed by atoms with van der Waals surface area (Å²) in [5, 5.41) is 12.5. The lowest BCUT2D eigenvalue weighted by atomic mass is 9.93. The summed E-state index contributed by atoms with van der Waals surface area (Å²) in [4.78, 5) is 11.8. The van der Waals surface area contributed by atoms with Crippen molar-refractivity contribution in [2.24, 2.45) is 0 Å². The molecule has 6 nitrogen and oxygen atoms in total. The third kappa shape index (κ3) is 5.19. The van der Waals surface area contributed by atoms with E-state index in [2.05, 4.69) is 26.0 Å². The Balaban J connectivity index is 1.83. The summed E-state index contributed by atoms with van der Waals surface area (Å²) in [6, 6.07) is 6.10. The van der Waals surface area contributed by atoms with Crippen LogP contribution in [-0.2, 0) is 10.0 Å². The van der Waals surface area contributed by atoms with Crippen molar-refractivity contribution in [3.05, 3.63) is 58.1 Å². The molecule has 1 aliphatic rings. The molecule has 2 aromatic rings. The molecule has 3 rings (SSSR count). The molecular weight excluding hydrogens is 470 g/mol. The maximum Gasteiger partial charge on any atom is 0.255 e. The number of nitrogens with one attached hydrogen (secondary N) is 2. The van der Waals surface area contributed by atoms with Crippen molar-refractivity contribution in [1.29, 1.82) is 0 Å². The van der Waals surface area contributed by atoms with E-state index in [0.717, 1.165) is 37.1 Å². The lowest BCUT2D eigenvalue weighted by molar-refractivity contribution is 0.101. The zero-order chi connectivity index (χ0) is 21.2. The number of benzene rings is 2. The van der Waals surface area contributed by atoms with E-state index in [1.165, 1.54) is 12.1 Å². The highest BCUT2D eigenvalue weighted by atomic mass is 79.9. The normalized spacial score (nSPS) is 19.7. The molecule has 2 unspecified atom stereocenters. The van der Waals surface area contributed by atoms with Crippen LogP contribution in [0.3, 0.4) is 0 Å². The lowest BCUT2D eigenvalue weighted by Crippen LogP contribution is -2.45. The fourth-order valence-electron chi connectivity index (χ4n) is 3.14. The smallest absolute Gasteiger partial charge is 0.255 e. The van der Waals surface area contributed by atoms with Crippen LogP contribution in [0.5, 0.6) is 0 Å². The number of aliphatic hydroxyl groups excluding tert-OH is 1. The van der Waals surface area contributed by atoms with Gasteiger partial charge in [0.15, 0.2) is 0 Å². The Labute approximate surface area is 175 Å². The van der Waals surface area contributed by atoms with Crippen LogP contribution in [0.4, 0.5) is 14.5 Å². The summed E-state index contributed by atoms with van der Waals surface area (Å²) < 4.78 is 55.3. The summed E-state index contributed by atoms with van der Waals surface area (Å²) in [7, 11) is -4.29. The first-order chi connectivity index (χ1) is 13.7. The SMILES string of the molecule is O=C(Nc1ccc(F)c(Br)c1)c1ccc(F)c(S(=O)(=O)NC2CCCCC2O)c1. The van der Waals surface area contributed by atoms with Crippen LogP contribution < -0.4 is 10.0 Å². The minimum absolute atomic E-state index is 0.0867. The molecular formula is C19H19BrF2N2O4S. The Morgan fingerprint density at radius 3 is 2.45 bits per heavy atom. The van der Waals surface area contributed by atoms with E-state index < -0.39 is 44.6 Å². The van der Waals surface area contributed by atoms with Crippen LogP contribution in [0, 0.1) is 11.6 Å². The molecule has 0 spiro atoms. The number of halogens is 3. The van der Waals surface area contributed by atoms with Crippen LogP contribution in [0.25, 0.3) is 0 Å². The van der Waals surface area contributed by atoms with Crippen molar-refractivity contribution in [3.63, 3.8) is 0 Å². The average molecular weight is 489 g/mol. The van der Waals surface area contributed by atoms with Crippen LogP contribution >= 0.6 is 15.9 Å². The number of anilines is 1. The van der Waals surface area contributed by atoms with Crippen molar-refractivity contribution in [2.75, 3.05) is 5.32 Å². The number of sulfonamides is 1. The fourth-order valence-corrected chi connectivity index (χ4v) is 4.93. The molecule has 156 valence electrons. The number of carbonyl (C=O) groups is 1. The van der Waals surface area contributed by atoms with E-state index in [0.29, 0.717) is 12.8 Å². The fraction of sp³-hybridized carbons (Fsp3) is 0.316. The molecule has 0 aliphatic heterocycles. The first-order valence-corrected chi connectivity index (χ1v) is 11.2. The quantitative estimate of drug-likeness (QED) is 0.599. The highest BCUT2D eigenvalue weighted by Gasteiger charge is 2.30. The maximum atomic E-state index is 14.2. The van der Waals surface area contributed by atoms with E-state index in [-0.39, 0.29) is 15.7 Å². The van der Waals surface area contributed by atoms with Gasteiger partial charge in [-0.3, -0.25) is 4.79 Å². The van der Waals surface area contributed by atoms with E-state index in [9.17, 15) is 27.1 Å². The molecule has 3 N–H and O–H groups in total. The van der Waals surface area contributed by atoms with Gasteiger partial charge in [-0.15, -0.1) is 0 Å². The largest absolute Gasteiger partial charge is 0.391 e. The molecule has 2 aromatic carbocycles. The minimum Gasteiger partial charge on any atom is -0.391 e. The zero-order valence-electron chi connectivity index (χ0n) is 15.2. The summed E-state index contributed by atoms with van der Waals surface area (Å²) in [6.45, 7) is 0. The van der Waals surface area contributed by atoms with Gasteiger partial charge in [-0.1, -0.05) is 12.8 Å². The first kappa shape index (κ1) is 21.8. The molecule has 0 radical (unpaired) electrons. The zero-order valence-corrected chi connectivity index (χ0v) is 17.6. The Hall–Kier alpha value is -1.88. The lowest BCUT2D eigenvalue weighted by Gasteiger charge is -2.28. The highest BCUT2D eigenvalue weighted by molar-refractivity contribution is 9.10. The molecule has 0 saturated heterocycles. The second-order valence-electron chi connectivity index (χ2n) is 6.81. The summed E-state index contributed by atoms with van der Waals surface area (Å²) in [5.74, 6) is -2.20. The van der Waals surface area contributed by atoms with Crippen molar-refractivity contribution in [1.82, 2.24) is 4.72 Å². The molecule has 2 atom stereocenters. The van der Waals surface area contributed by atoms with E-state index in [1.807, 2.05) is 0 Å². The molecule has 0 aromatic heterocycles. The van der Waals surface area contributed by atoms with Gasteiger partial charge in [-0.05, 0) is 65.2 Å². The van der Waals surface area contributed by atoms with Gasteiger partial charge in [-0.2, -0.15) is 0 Å². The highest BCUT2D eigenvalue weighted by Crippen LogP contribution is 2.24. The third-order valence-corrected chi connectivity index (χ3v) is 6.81. The Morgan fingerprint density at radius 1 is 1.07 bits per heavy atom. The molecule has 0 heterocycles. The van der Waals surface area contributed by atoms with E-state index in [4.69, 9.17) is 0 Å². The van der Waals surface area contributed by atoms with Crippen molar-refractivity contribution >= 4 is 37.5 Å². The Bertz CT molecular complexity index is 1030. The van der Waals surface area contributed by atoms with E-state index in [1.54, 1.807) is 0 Å². The minimum atomic E-state index is -4.29.